The minimum absolute atomic E-state index is 0.0295. The van der Waals surface area contributed by atoms with Gasteiger partial charge in [0.05, 0.1) is 11.2 Å². The molecular formula is C24H32O6. The van der Waals surface area contributed by atoms with Crippen molar-refractivity contribution in [1.29, 1.82) is 0 Å². The van der Waals surface area contributed by atoms with Gasteiger partial charge < -0.3 is 19.7 Å². The van der Waals surface area contributed by atoms with E-state index < -0.39 is 23.8 Å². The highest BCUT2D eigenvalue weighted by atomic mass is 16.5. The largest absolute Gasteiger partial charge is 0.508 e. The maximum atomic E-state index is 12.9. The van der Waals surface area contributed by atoms with E-state index in [4.69, 9.17) is 9.47 Å². The van der Waals surface area contributed by atoms with E-state index in [-0.39, 0.29) is 29.0 Å². The third kappa shape index (κ3) is 4.10. The minimum atomic E-state index is -1.00. The zero-order chi connectivity index (χ0) is 22.3. The smallest absolute Gasteiger partial charge is 0.338 e. The van der Waals surface area contributed by atoms with Gasteiger partial charge in [0.15, 0.2) is 0 Å². The zero-order valence-corrected chi connectivity index (χ0v) is 18.3. The fraction of sp³-hybridized carbons (Fsp3) is 0.583. The topological polar surface area (TPSA) is 93.1 Å². The van der Waals surface area contributed by atoms with Crippen LogP contribution in [0.2, 0.25) is 0 Å². The predicted octanol–water partition coefficient (Wildman–Crippen LogP) is 4.00. The molecule has 0 bridgehead atoms. The lowest BCUT2D eigenvalue weighted by Crippen LogP contribution is -2.50. The van der Waals surface area contributed by atoms with Crippen LogP contribution in [0.3, 0.4) is 0 Å². The molecule has 0 saturated heterocycles. The second kappa shape index (κ2) is 8.06. The minimum Gasteiger partial charge on any atom is -0.508 e. The van der Waals surface area contributed by atoms with E-state index in [2.05, 4.69) is 6.92 Å². The Morgan fingerprint density at radius 3 is 2.33 bits per heavy atom. The Balaban J connectivity index is 2.01. The monoisotopic (exact) mass is 416 g/mol. The van der Waals surface area contributed by atoms with E-state index in [1.165, 1.54) is 31.2 Å². The lowest BCUT2D eigenvalue weighted by Gasteiger charge is -2.43. The molecule has 1 saturated carbocycles. The number of carbonyl (C=O) groups is 2. The van der Waals surface area contributed by atoms with E-state index in [0.717, 1.165) is 12.0 Å². The van der Waals surface area contributed by atoms with Crippen LogP contribution >= 0.6 is 0 Å². The van der Waals surface area contributed by atoms with Crippen LogP contribution in [0.15, 0.2) is 35.9 Å². The first kappa shape index (κ1) is 22.3. The van der Waals surface area contributed by atoms with Crippen molar-refractivity contribution in [1.82, 2.24) is 0 Å². The van der Waals surface area contributed by atoms with Crippen LogP contribution in [0.4, 0.5) is 0 Å². The summed E-state index contributed by atoms with van der Waals surface area (Å²) >= 11 is 0. The molecule has 1 aromatic carbocycles. The number of hydrogen-bond donors (Lipinski definition) is 2. The van der Waals surface area contributed by atoms with Crippen LogP contribution in [0.25, 0.3) is 0 Å². The predicted molar refractivity (Wildman–Crippen MR) is 112 cm³/mol. The Labute approximate surface area is 177 Å². The highest BCUT2D eigenvalue weighted by molar-refractivity contribution is 5.89. The van der Waals surface area contributed by atoms with E-state index in [0.29, 0.717) is 18.4 Å². The molecule has 5 atom stereocenters. The van der Waals surface area contributed by atoms with Crippen LogP contribution < -0.4 is 0 Å². The van der Waals surface area contributed by atoms with Gasteiger partial charge in [-0.25, -0.2) is 4.79 Å². The number of ether oxygens (including phenoxy) is 2. The first-order valence-electron chi connectivity index (χ1n) is 10.5. The molecule has 164 valence electrons. The first-order chi connectivity index (χ1) is 14.0. The summed E-state index contributed by atoms with van der Waals surface area (Å²) in [4.78, 5) is 24.5. The standard InChI is InChI=1S/C24H32O6/c1-14(2)24(28)11-10-23(5)13-20(29-16(4)25)15(3)12-19(21(23)24)30-22(27)17-6-8-18(26)9-7-17/h6-9,12,14,19-21,26,28H,10-11,13H2,1-5H3/t19-,20-,21-,23+,24+/m0/s1. The lowest BCUT2D eigenvalue weighted by molar-refractivity contribution is -0.147. The fourth-order valence-corrected chi connectivity index (χ4v) is 5.23. The van der Waals surface area contributed by atoms with Crippen molar-refractivity contribution in [3.05, 3.63) is 41.5 Å². The zero-order valence-electron chi connectivity index (χ0n) is 18.3. The van der Waals surface area contributed by atoms with Gasteiger partial charge in [0.25, 0.3) is 0 Å². The van der Waals surface area contributed by atoms with E-state index in [1.54, 1.807) is 0 Å². The molecule has 2 N–H and O–H groups in total. The van der Waals surface area contributed by atoms with Gasteiger partial charge in [-0.2, -0.15) is 0 Å². The quantitative estimate of drug-likeness (QED) is 0.569. The molecule has 1 fully saturated rings. The summed E-state index contributed by atoms with van der Waals surface area (Å²) < 4.78 is 11.5. The van der Waals surface area contributed by atoms with Crippen LogP contribution in [-0.2, 0) is 14.3 Å². The van der Waals surface area contributed by atoms with Crippen LogP contribution in [0, 0.1) is 17.3 Å². The highest BCUT2D eigenvalue weighted by Crippen LogP contribution is 2.58. The molecule has 1 aromatic rings. The molecule has 3 rings (SSSR count). The van der Waals surface area contributed by atoms with Crippen molar-refractivity contribution < 1.29 is 29.3 Å². The van der Waals surface area contributed by atoms with E-state index in [1.807, 2.05) is 26.8 Å². The average molecular weight is 417 g/mol. The third-order valence-electron chi connectivity index (χ3n) is 6.96. The number of esters is 2. The number of benzene rings is 1. The van der Waals surface area contributed by atoms with Gasteiger partial charge in [0.1, 0.15) is 18.0 Å². The molecule has 0 aliphatic heterocycles. The number of aliphatic hydroxyl groups is 1. The SMILES string of the molecule is CC(=O)O[C@H]1C[C@@]2(C)CC[C@@](O)(C(C)C)[C@H]2[C@@H](OC(=O)c2ccc(O)cc2)C=C1C. The molecule has 6 nitrogen and oxygen atoms in total. The van der Waals surface area contributed by atoms with Gasteiger partial charge in [0.2, 0.25) is 0 Å². The van der Waals surface area contributed by atoms with Gasteiger partial charge in [-0.15, -0.1) is 0 Å². The van der Waals surface area contributed by atoms with Crippen molar-refractivity contribution in [2.75, 3.05) is 0 Å². The first-order valence-corrected chi connectivity index (χ1v) is 10.5. The summed E-state index contributed by atoms with van der Waals surface area (Å²) in [6, 6.07) is 5.89. The summed E-state index contributed by atoms with van der Waals surface area (Å²) in [6.45, 7) is 9.31. The van der Waals surface area contributed by atoms with Gasteiger partial charge in [0, 0.05) is 12.8 Å². The van der Waals surface area contributed by atoms with Gasteiger partial charge in [-0.05, 0) is 73.4 Å². The normalized spacial score (nSPS) is 33.4. The van der Waals surface area contributed by atoms with Crippen molar-refractivity contribution in [2.45, 2.75) is 71.7 Å². The lowest BCUT2D eigenvalue weighted by atomic mass is 9.67. The summed E-state index contributed by atoms with van der Waals surface area (Å²) in [6.07, 6.45) is 2.67. The molecule has 0 radical (unpaired) electrons. The van der Waals surface area contributed by atoms with E-state index >= 15 is 0 Å². The van der Waals surface area contributed by atoms with Crippen molar-refractivity contribution >= 4 is 11.9 Å². The molecule has 0 aromatic heterocycles. The summed E-state index contributed by atoms with van der Waals surface area (Å²) in [7, 11) is 0. The number of carbonyl (C=O) groups excluding carboxylic acids is 2. The second-order valence-corrected chi connectivity index (χ2v) is 9.41. The fourth-order valence-electron chi connectivity index (χ4n) is 5.23. The van der Waals surface area contributed by atoms with Crippen molar-refractivity contribution in [3.63, 3.8) is 0 Å². The van der Waals surface area contributed by atoms with Crippen molar-refractivity contribution in [2.24, 2.45) is 17.3 Å². The Bertz CT molecular complexity index is 842. The molecule has 0 heterocycles. The number of hydrogen-bond acceptors (Lipinski definition) is 6. The number of phenolic OH excluding ortho intramolecular Hbond substituents is 1. The molecular weight excluding hydrogens is 384 g/mol. The molecule has 2 aliphatic carbocycles. The average Bonchev–Trinajstić information content (AvgIpc) is 2.87. The Hall–Kier alpha value is -2.34. The maximum absolute atomic E-state index is 12.9. The second-order valence-electron chi connectivity index (χ2n) is 9.41. The maximum Gasteiger partial charge on any atom is 0.338 e. The van der Waals surface area contributed by atoms with Gasteiger partial charge in [-0.1, -0.05) is 20.8 Å². The Morgan fingerprint density at radius 2 is 1.77 bits per heavy atom. The molecule has 0 amide bonds. The number of fused-ring (bicyclic) bond motifs is 1. The van der Waals surface area contributed by atoms with Gasteiger partial charge in [-0.3, -0.25) is 4.79 Å². The summed E-state index contributed by atoms with van der Waals surface area (Å²) in [5.74, 6) is -1.17. The van der Waals surface area contributed by atoms with E-state index in [9.17, 15) is 19.8 Å². The molecule has 0 spiro atoms. The highest BCUT2D eigenvalue weighted by Gasteiger charge is 2.60. The number of aromatic hydroxyl groups is 1. The molecule has 2 aliphatic rings. The van der Waals surface area contributed by atoms with Crippen LogP contribution in [-0.4, -0.2) is 40.0 Å². The van der Waals surface area contributed by atoms with Crippen LogP contribution in [0.1, 0.15) is 64.2 Å². The van der Waals surface area contributed by atoms with Crippen LogP contribution in [0.5, 0.6) is 5.75 Å². The number of rotatable bonds is 4. The van der Waals surface area contributed by atoms with Crippen molar-refractivity contribution in [3.8, 4) is 5.75 Å². The molecule has 0 unspecified atom stereocenters. The molecule has 30 heavy (non-hydrogen) atoms. The summed E-state index contributed by atoms with van der Waals surface area (Å²) in [5, 5.41) is 21.1. The third-order valence-corrected chi connectivity index (χ3v) is 6.96. The Kier molecular flexibility index (Phi) is 6.01. The van der Waals surface area contributed by atoms with Gasteiger partial charge >= 0.3 is 11.9 Å². The Morgan fingerprint density at radius 1 is 1.13 bits per heavy atom. The number of phenols is 1. The summed E-state index contributed by atoms with van der Waals surface area (Å²) in [5.41, 5.74) is -0.230. The molecule has 6 heteroatoms.